The van der Waals surface area contributed by atoms with Crippen LogP contribution in [0, 0.1) is 0 Å². The topological polar surface area (TPSA) is 86.1 Å². The molecule has 0 amide bonds. The van der Waals surface area contributed by atoms with E-state index in [0.717, 1.165) is 24.0 Å². The zero-order valence-electron chi connectivity index (χ0n) is 14.5. The second-order valence-electron chi connectivity index (χ2n) is 6.22. The van der Waals surface area contributed by atoms with E-state index in [-0.39, 0.29) is 6.04 Å². The first-order valence-corrected chi connectivity index (χ1v) is 9.87. The highest BCUT2D eigenvalue weighted by molar-refractivity contribution is 7.89. The summed E-state index contributed by atoms with van der Waals surface area (Å²) in [7, 11) is -3.53. The maximum absolute atomic E-state index is 13.0. The molecule has 1 fully saturated rings. The molecule has 1 aliphatic heterocycles. The van der Waals surface area contributed by atoms with Gasteiger partial charge in [0, 0.05) is 23.2 Å². The highest BCUT2D eigenvalue weighted by atomic mass is 32.2. The fourth-order valence-corrected chi connectivity index (χ4v) is 5.05. The summed E-state index contributed by atoms with van der Waals surface area (Å²) in [6, 6.07) is 15.6. The predicted octanol–water partition coefficient (Wildman–Crippen LogP) is 4.89. The van der Waals surface area contributed by atoms with E-state index >= 15 is 0 Å². The Morgan fingerprint density at radius 2 is 1.88 bits per heavy atom. The van der Waals surface area contributed by atoms with Crippen LogP contribution in [-0.4, -0.2) is 25.3 Å². The number of sulfonamides is 1. The van der Waals surface area contributed by atoms with Gasteiger partial charge in [0.1, 0.15) is 0 Å². The zero-order chi connectivity index (χ0) is 18.6. The molecule has 0 aliphatic carbocycles. The van der Waals surface area contributed by atoms with Gasteiger partial charge in [-0.25, -0.2) is 8.42 Å². The second kappa shape index (κ2) is 7.74. The van der Waals surface area contributed by atoms with Gasteiger partial charge in [-0.05, 0) is 43.0 Å². The normalized spacial score (nSPS) is 18.5. The Morgan fingerprint density at radius 1 is 1.19 bits per heavy atom. The molecule has 1 heterocycles. The number of hydrogen-bond acceptors (Lipinski definition) is 3. The standard InChI is InChI=1S/C19H20N4O2S/c1-15(14-16-8-5-6-11-18(16)21-22-20)19-12-7-13-23(19)26(24,25)17-9-3-2-4-10-17/h2-6,8-11,14,19H,7,12-13H2,1H3/b15-14+. The average Bonchev–Trinajstić information content (AvgIpc) is 3.15. The largest absolute Gasteiger partial charge is 0.243 e. The van der Waals surface area contributed by atoms with E-state index in [2.05, 4.69) is 10.0 Å². The van der Waals surface area contributed by atoms with E-state index in [1.165, 1.54) is 0 Å². The summed E-state index contributed by atoms with van der Waals surface area (Å²) in [4.78, 5) is 3.17. The quantitative estimate of drug-likeness (QED) is 0.427. The van der Waals surface area contributed by atoms with Crippen molar-refractivity contribution in [1.29, 1.82) is 0 Å². The van der Waals surface area contributed by atoms with Gasteiger partial charge in [-0.2, -0.15) is 4.31 Å². The van der Waals surface area contributed by atoms with Gasteiger partial charge in [-0.1, -0.05) is 59.2 Å². The summed E-state index contributed by atoms with van der Waals surface area (Å²) in [5.74, 6) is 0. The molecule has 6 nitrogen and oxygen atoms in total. The molecule has 3 rings (SSSR count). The van der Waals surface area contributed by atoms with Gasteiger partial charge in [0.15, 0.2) is 0 Å². The van der Waals surface area contributed by atoms with Crippen LogP contribution >= 0.6 is 0 Å². The molecule has 0 spiro atoms. The average molecular weight is 368 g/mol. The first-order valence-electron chi connectivity index (χ1n) is 8.43. The van der Waals surface area contributed by atoms with Crippen molar-refractivity contribution in [2.75, 3.05) is 6.54 Å². The third kappa shape index (κ3) is 3.65. The fourth-order valence-electron chi connectivity index (χ4n) is 3.30. The monoisotopic (exact) mass is 368 g/mol. The number of azide groups is 1. The lowest BCUT2D eigenvalue weighted by Gasteiger charge is -2.25. The molecule has 0 aromatic heterocycles. The van der Waals surface area contributed by atoms with E-state index in [1.807, 2.05) is 25.1 Å². The molecule has 0 N–H and O–H groups in total. The summed E-state index contributed by atoms with van der Waals surface area (Å²) >= 11 is 0. The van der Waals surface area contributed by atoms with E-state index < -0.39 is 10.0 Å². The van der Waals surface area contributed by atoms with Gasteiger partial charge < -0.3 is 0 Å². The van der Waals surface area contributed by atoms with Gasteiger partial charge in [0.05, 0.1) is 4.90 Å². The molecule has 1 atom stereocenters. The summed E-state index contributed by atoms with van der Waals surface area (Å²) in [6.07, 6.45) is 3.51. The van der Waals surface area contributed by atoms with E-state index in [9.17, 15) is 8.42 Å². The summed E-state index contributed by atoms with van der Waals surface area (Å²) in [5, 5.41) is 3.71. The van der Waals surface area contributed by atoms with Crippen LogP contribution in [0.5, 0.6) is 0 Å². The van der Waals surface area contributed by atoms with Crippen LogP contribution in [-0.2, 0) is 10.0 Å². The van der Waals surface area contributed by atoms with Crippen LogP contribution in [0.3, 0.4) is 0 Å². The summed E-state index contributed by atoms with van der Waals surface area (Å²) in [5.41, 5.74) is 11.0. The van der Waals surface area contributed by atoms with Gasteiger partial charge >= 0.3 is 0 Å². The molecule has 1 saturated heterocycles. The second-order valence-corrected chi connectivity index (χ2v) is 8.11. The number of rotatable bonds is 5. The first kappa shape index (κ1) is 18.2. The molecular formula is C19H20N4O2S. The Bertz CT molecular complexity index is 964. The van der Waals surface area contributed by atoms with Crippen LogP contribution in [0.4, 0.5) is 5.69 Å². The Balaban J connectivity index is 1.95. The molecular weight excluding hydrogens is 348 g/mol. The molecule has 134 valence electrons. The van der Waals surface area contributed by atoms with Crippen molar-refractivity contribution in [3.05, 3.63) is 76.2 Å². The van der Waals surface area contributed by atoms with Crippen molar-refractivity contribution in [1.82, 2.24) is 4.31 Å². The lowest BCUT2D eigenvalue weighted by molar-refractivity contribution is 0.422. The van der Waals surface area contributed by atoms with Crippen molar-refractivity contribution in [3.8, 4) is 0 Å². The Morgan fingerprint density at radius 3 is 2.62 bits per heavy atom. The van der Waals surface area contributed by atoms with Crippen molar-refractivity contribution in [2.45, 2.75) is 30.7 Å². The molecule has 1 aliphatic rings. The highest BCUT2D eigenvalue weighted by Crippen LogP contribution is 2.32. The maximum Gasteiger partial charge on any atom is 0.243 e. The lowest BCUT2D eigenvalue weighted by atomic mass is 10.0. The predicted molar refractivity (Wildman–Crippen MR) is 102 cm³/mol. The summed E-state index contributed by atoms with van der Waals surface area (Å²) < 4.78 is 27.6. The number of benzene rings is 2. The van der Waals surface area contributed by atoms with Crippen LogP contribution in [0.1, 0.15) is 25.3 Å². The van der Waals surface area contributed by atoms with Crippen molar-refractivity contribution in [3.63, 3.8) is 0 Å². The van der Waals surface area contributed by atoms with Crippen LogP contribution in [0.15, 0.2) is 70.2 Å². The minimum atomic E-state index is -3.53. The van der Waals surface area contributed by atoms with E-state index in [1.54, 1.807) is 46.8 Å². The Labute approximate surface area is 153 Å². The zero-order valence-corrected chi connectivity index (χ0v) is 15.3. The maximum atomic E-state index is 13.0. The summed E-state index contributed by atoms with van der Waals surface area (Å²) in [6.45, 7) is 2.43. The van der Waals surface area contributed by atoms with Crippen molar-refractivity contribution >= 4 is 21.8 Å². The third-order valence-corrected chi connectivity index (χ3v) is 6.47. The van der Waals surface area contributed by atoms with Crippen LogP contribution in [0.2, 0.25) is 0 Å². The SMILES string of the molecule is C/C(=C\c1ccccc1N=[N+]=[N-])C1CCCN1S(=O)(=O)c1ccccc1. The van der Waals surface area contributed by atoms with Gasteiger partial charge in [-0.15, -0.1) is 0 Å². The molecule has 0 saturated carbocycles. The van der Waals surface area contributed by atoms with Gasteiger partial charge in [0.2, 0.25) is 10.0 Å². The molecule has 0 bridgehead atoms. The molecule has 7 heteroatoms. The van der Waals surface area contributed by atoms with Crippen molar-refractivity contribution < 1.29 is 8.42 Å². The number of hydrogen-bond donors (Lipinski definition) is 0. The van der Waals surface area contributed by atoms with Crippen molar-refractivity contribution in [2.24, 2.45) is 5.11 Å². The Kier molecular flexibility index (Phi) is 5.42. The van der Waals surface area contributed by atoms with Crippen LogP contribution in [0.25, 0.3) is 16.5 Å². The van der Waals surface area contributed by atoms with E-state index in [0.29, 0.717) is 17.1 Å². The molecule has 2 aromatic carbocycles. The molecule has 26 heavy (non-hydrogen) atoms. The van der Waals surface area contributed by atoms with Gasteiger partial charge in [-0.3, -0.25) is 0 Å². The molecule has 1 unspecified atom stereocenters. The fraction of sp³-hybridized carbons (Fsp3) is 0.263. The lowest BCUT2D eigenvalue weighted by Crippen LogP contribution is -2.36. The Hall–Kier alpha value is -2.60. The van der Waals surface area contributed by atoms with Gasteiger partial charge in [0.25, 0.3) is 0 Å². The highest BCUT2D eigenvalue weighted by Gasteiger charge is 2.35. The van der Waals surface area contributed by atoms with Crippen LogP contribution < -0.4 is 0 Å². The molecule has 2 aromatic rings. The van der Waals surface area contributed by atoms with E-state index in [4.69, 9.17) is 5.53 Å². The number of nitrogens with zero attached hydrogens (tertiary/aromatic N) is 4. The smallest absolute Gasteiger partial charge is 0.207 e. The first-order chi connectivity index (χ1) is 12.5. The third-order valence-electron chi connectivity index (χ3n) is 4.55. The molecule has 0 radical (unpaired) electrons. The minimum Gasteiger partial charge on any atom is -0.207 e. The minimum absolute atomic E-state index is 0.195.